The van der Waals surface area contributed by atoms with Crippen molar-refractivity contribution < 1.29 is 67.2 Å². The van der Waals surface area contributed by atoms with Gasteiger partial charge in [-0.1, -0.05) is 12.1 Å². The van der Waals surface area contributed by atoms with Crippen molar-refractivity contribution in [2.45, 2.75) is 23.4 Å². The third-order valence-electron chi connectivity index (χ3n) is 4.66. The number of carboxylic acids is 2. The maximum atomic E-state index is 12.7. The van der Waals surface area contributed by atoms with E-state index in [0.29, 0.717) is 12.2 Å². The number of aromatic nitrogens is 2. The van der Waals surface area contributed by atoms with Crippen molar-refractivity contribution in [1.29, 1.82) is 0 Å². The van der Waals surface area contributed by atoms with E-state index in [2.05, 4.69) is 30.4 Å². The van der Waals surface area contributed by atoms with Gasteiger partial charge in [0.15, 0.2) is 0 Å². The number of pyridine rings is 2. The van der Waals surface area contributed by atoms with Crippen molar-refractivity contribution in [1.82, 2.24) is 9.97 Å². The van der Waals surface area contributed by atoms with Gasteiger partial charge in [-0.3, -0.25) is 9.97 Å². The van der Waals surface area contributed by atoms with E-state index in [-0.39, 0.29) is 43.8 Å². The molecule has 0 amide bonds. The Hall–Kier alpha value is -3.81. The van der Waals surface area contributed by atoms with Crippen molar-refractivity contribution in [3.63, 3.8) is 0 Å². The maximum absolute atomic E-state index is 12.7. The van der Waals surface area contributed by atoms with Gasteiger partial charge in [-0.15, -0.1) is 0 Å². The molecular weight excluding hydrogens is 697 g/mol. The summed E-state index contributed by atoms with van der Waals surface area (Å²) >= 11 is 0. The van der Waals surface area contributed by atoms with Crippen LogP contribution in [0.25, 0.3) is 11.4 Å². The Morgan fingerprint density at radius 1 is 0.676 bits per heavy atom. The van der Waals surface area contributed by atoms with Crippen LogP contribution in [0.5, 0.6) is 0 Å². The number of hydrogen-bond acceptors (Lipinski definition) is 10. The number of nitrogens with zero attached hydrogens (tertiary/aromatic N) is 6. The fraction of sp³-hybridized carbons (Fsp3) is 0.200. The fourth-order valence-corrected chi connectivity index (χ4v) is 2.76. The van der Waals surface area contributed by atoms with Crippen molar-refractivity contribution in [3.8, 4) is 0 Å². The molecule has 196 valence electrons. The third-order valence-corrected chi connectivity index (χ3v) is 4.66. The van der Waals surface area contributed by atoms with E-state index in [0.717, 1.165) is 0 Å². The van der Waals surface area contributed by atoms with Gasteiger partial charge in [-0.25, -0.2) is 0 Å². The molecule has 2 aliphatic rings. The van der Waals surface area contributed by atoms with Crippen LogP contribution in [0.1, 0.15) is 11.4 Å². The summed E-state index contributed by atoms with van der Waals surface area (Å²) in [5, 5.41) is 33.5. The summed E-state index contributed by atoms with van der Waals surface area (Å²) < 4.78 is 76.3. The maximum Gasteiger partial charge on any atom is 2.00 e. The van der Waals surface area contributed by atoms with Gasteiger partial charge in [-0.05, 0) is 36.4 Å². The number of alkyl halides is 6. The molecule has 0 saturated carbocycles. The summed E-state index contributed by atoms with van der Waals surface area (Å²) in [6.45, 7) is 0. The van der Waals surface area contributed by atoms with E-state index >= 15 is 0 Å². The normalized spacial score (nSPS) is 22.3. The molecule has 0 saturated heterocycles. The molecule has 2 atom stereocenters. The summed E-state index contributed by atoms with van der Waals surface area (Å²) in [5.41, 5.74) is -7.16. The number of carbonyl (C=O) groups is 2. The van der Waals surface area contributed by atoms with Crippen LogP contribution >= 0.6 is 0 Å². The molecule has 0 bridgehead atoms. The minimum absolute atomic E-state index is 0. The zero-order chi connectivity index (χ0) is 26.8. The number of halogens is 6. The molecule has 0 radical (unpaired) electrons. The average molecular weight is 707 g/mol. The summed E-state index contributed by atoms with van der Waals surface area (Å²) in [7, 11) is 0. The van der Waals surface area contributed by atoms with Gasteiger partial charge in [0.2, 0.25) is 11.1 Å². The van der Waals surface area contributed by atoms with Crippen molar-refractivity contribution in [2.75, 3.05) is 0 Å². The Morgan fingerprint density at radius 2 is 1.03 bits per heavy atom. The van der Waals surface area contributed by atoms with Crippen molar-refractivity contribution >= 4 is 23.3 Å². The second-order valence-electron chi connectivity index (χ2n) is 6.99. The predicted octanol–water partition coefficient (Wildman–Crippen LogP) is 1.88. The molecule has 0 spiro atoms. The zero-order valence-electron chi connectivity index (χ0n) is 17.7. The van der Waals surface area contributed by atoms with Gasteiger partial charge >= 0.3 is 33.4 Å². The van der Waals surface area contributed by atoms with Gasteiger partial charge in [-0.2, -0.15) is 46.8 Å². The predicted molar refractivity (Wildman–Crippen MR) is 102 cm³/mol. The van der Waals surface area contributed by atoms with Gasteiger partial charge in [0.1, 0.15) is 11.4 Å². The molecule has 0 aromatic carbocycles. The number of aliphatic carboxylic acids is 2. The molecule has 0 aliphatic carbocycles. The second-order valence-corrected chi connectivity index (χ2v) is 6.99. The number of azo groups is 2. The smallest absolute Gasteiger partial charge is 0.547 e. The first-order valence-corrected chi connectivity index (χ1v) is 9.44. The molecule has 37 heavy (non-hydrogen) atoms. The Morgan fingerprint density at radius 3 is 1.24 bits per heavy atom. The third kappa shape index (κ3) is 5.63. The average Bonchev–Trinajstić information content (AvgIpc) is 3.47. The monoisotopic (exact) mass is 707 g/mol. The van der Waals surface area contributed by atoms with Crippen LogP contribution in [0, 0.1) is 0 Å². The Kier molecular flexibility index (Phi) is 8.48. The van der Waals surface area contributed by atoms with Gasteiger partial charge < -0.3 is 19.8 Å². The van der Waals surface area contributed by atoms with E-state index in [9.17, 15) is 46.1 Å². The molecular formula is C20H10F6N6O4Pt. The largest absolute Gasteiger partial charge is 2.00 e. The van der Waals surface area contributed by atoms with E-state index in [1.807, 2.05) is 0 Å². The Labute approximate surface area is 216 Å². The van der Waals surface area contributed by atoms with Crippen LogP contribution in [0.15, 0.2) is 81.4 Å². The number of hydrogen-bond donors (Lipinski definition) is 0. The molecule has 2 unspecified atom stereocenters. The zero-order valence-corrected chi connectivity index (χ0v) is 19.9. The Balaban J connectivity index is 0.000000253. The summed E-state index contributed by atoms with van der Waals surface area (Å²) in [6.07, 6.45) is -6.76. The molecule has 10 nitrogen and oxygen atoms in total. The van der Waals surface area contributed by atoms with E-state index in [1.54, 1.807) is 12.1 Å². The molecule has 4 heterocycles. The van der Waals surface area contributed by atoms with Crippen LogP contribution in [0.3, 0.4) is 0 Å². The van der Waals surface area contributed by atoms with Crippen molar-refractivity contribution in [3.05, 3.63) is 72.3 Å². The SMILES string of the molecule is O=C([O-])C1(C(F)(F)F)C=C(c2ccccn2)N=N1.O=C([O-])C1(C(F)(F)F)C=C(c2ccccn2)N=N1.[Pt+2]. The molecule has 2 aromatic rings. The number of rotatable bonds is 4. The number of carboxylic acid groups (broad SMARTS) is 2. The Bertz CT molecular complexity index is 1180. The summed E-state index contributed by atoms with van der Waals surface area (Å²) in [6, 6.07) is 8.98. The molecule has 0 N–H and O–H groups in total. The quantitative estimate of drug-likeness (QED) is 0.442. The van der Waals surface area contributed by atoms with Crippen LogP contribution in [0.2, 0.25) is 0 Å². The van der Waals surface area contributed by atoms with Crippen LogP contribution in [0.4, 0.5) is 26.3 Å². The standard InChI is InChI=1S/2C10H6F3N3O2.Pt/c2*11-10(12,13)9(8(17)18)5-7(15-16-9)6-3-1-2-4-14-6;/h2*1-5H,(H,17,18);/q;;+2/p-2. The fourth-order valence-electron chi connectivity index (χ4n) is 2.76. The van der Waals surface area contributed by atoms with Gasteiger partial charge in [0.05, 0.1) is 23.3 Å². The molecule has 17 heteroatoms. The second kappa shape index (κ2) is 10.7. The van der Waals surface area contributed by atoms with Crippen molar-refractivity contribution in [2.24, 2.45) is 20.5 Å². The molecule has 2 aliphatic heterocycles. The topological polar surface area (TPSA) is 155 Å². The minimum atomic E-state index is -5.12. The molecule has 4 rings (SSSR count). The van der Waals surface area contributed by atoms with E-state index in [4.69, 9.17) is 0 Å². The first kappa shape index (κ1) is 29.4. The van der Waals surface area contributed by atoms with E-state index in [1.165, 1.54) is 36.7 Å². The summed E-state index contributed by atoms with van der Waals surface area (Å²) in [5.74, 6) is -4.74. The van der Waals surface area contributed by atoms with Crippen LogP contribution < -0.4 is 10.2 Å². The van der Waals surface area contributed by atoms with E-state index < -0.39 is 35.4 Å². The number of carbonyl (C=O) groups excluding carboxylic acids is 2. The van der Waals surface area contributed by atoms with Gasteiger partial charge in [0, 0.05) is 12.4 Å². The first-order chi connectivity index (χ1) is 16.7. The summed E-state index contributed by atoms with van der Waals surface area (Å²) in [4.78, 5) is 28.9. The minimum Gasteiger partial charge on any atom is -0.547 e. The molecule has 2 aromatic heterocycles. The van der Waals surface area contributed by atoms with Crippen LogP contribution in [-0.2, 0) is 30.7 Å². The molecule has 0 fully saturated rings. The van der Waals surface area contributed by atoms with Crippen LogP contribution in [-0.4, -0.2) is 45.3 Å². The van der Waals surface area contributed by atoms with Gasteiger partial charge in [0.25, 0.3) is 0 Å². The first-order valence-electron chi connectivity index (χ1n) is 9.44.